The molecule has 2 unspecified atom stereocenters. The lowest BCUT2D eigenvalue weighted by atomic mass is 10.0. The summed E-state index contributed by atoms with van der Waals surface area (Å²) in [4.78, 5) is 31.7. The number of nitrogens with one attached hydrogen (secondary N) is 1. The van der Waals surface area contributed by atoms with Gasteiger partial charge in [-0.05, 0) is 61.9 Å². The Morgan fingerprint density at radius 2 is 1.90 bits per heavy atom. The molecule has 4 rings (SSSR count). The highest BCUT2D eigenvalue weighted by atomic mass is 19.1. The second kappa shape index (κ2) is 8.32. The Morgan fingerprint density at radius 3 is 2.53 bits per heavy atom. The normalized spacial score (nSPS) is 22.3. The molecule has 2 fully saturated rings. The van der Waals surface area contributed by atoms with E-state index in [1.165, 1.54) is 18.2 Å². The molecule has 3 heterocycles. The zero-order valence-electron chi connectivity index (χ0n) is 17.5. The van der Waals surface area contributed by atoms with Crippen LogP contribution in [0.25, 0.3) is 0 Å². The minimum Gasteiger partial charge on any atom is -0.338 e. The average molecular weight is 413 g/mol. The number of carbonyl (C=O) groups is 1. The van der Waals surface area contributed by atoms with Crippen LogP contribution in [0.4, 0.5) is 4.39 Å². The SMILES string of the molecule is Cc1cc(=O)[nH]c(C)c1C(=O)N1CC2CN(CC[C@H](N)c3cccc(F)c3)CC2C1. The summed E-state index contributed by atoms with van der Waals surface area (Å²) in [5.41, 5.74) is 8.89. The number of nitrogens with zero attached hydrogens (tertiary/aromatic N) is 2. The van der Waals surface area contributed by atoms with E-state index in [1.54, 1.807) is 13.0 Å². The Bertz CT molecular complexity index is 965. The van der Waals surface area contributed by atoms with Gasteiger partial charge in [-0.2, -0.15) is 0 Å². The smallest absolute Gasteiger partial charge is 0.255 e. The number of rotatable bonds is 5. The summed E-state index contributed by atoms with van der Waals surface area (Å²) in [5, 5.41) is 0. The fourth-order valence-corrected chi connectivity index (χ4v) is 5.00. The van der Waals surface area contributed by atoms with E-state index in [1.807, 2.05) is 17.9 Å². The molecule has 3 N–H and O–H groups in total. The third-order valence-corrected chi connectivity index (χ3v) is 6.52. The first kappa shape index (κ1) is 20.8. The van der Waals surface area contributed by atoms with Gasteiger partial charge < -0.3 is 20.5 Å². The molecule has 2 saturated heterocycles. The van der Waals surface area contributed by atoms with E-state index in [4.69, 9.17) is 5.73 Å². The minimum absolute atomic E-state index is 0.00956. The Hall–Kier alpha value is -2.51. The van der Waals surface area contributed by atoms with E-state index in [-0.39, 0.29) is 23.3 Å². The topological polar surface area (TPSA) is 82.4 Å². The number of fused-ring (bicyclic) bond motifs is 1. The van der Waals surface area contributed by atoms with Crippen LogP contribution >= 0.6 is 0 Å². The Labute approximate surface area is 175 Å². The van der Waals surface area contributed by atoms with Crippen molar-refractivity contribution in [3.63, 3.8) is 0 Å². The average Bonchev–Trinajstić information content (AvgIpc) is 3.24. The standard InChI is InChI=1S/C23H29FN4O2/c1-14-8-21(29)26-15(2)22(14)23(30)28-12-17-10-27(11-18(17)13-28)7-6-20(25)16-4-3-5-19(24)9-16/h3-5,8-9,17-18,20H,6-7,10-13,25H2,1-2H3,(H,26,29)/t17?,18?,20-/m0/s1. The molecule has 2 aliphatic heterocycles. The first-order chi connectivity index (χ1) is 14.3. The van der Waals surface area contributed by atoms with Gasteiger partial charge in [-0.1, -0.05) is 12.1 Å². The van der Waals surface area contributed by atoms with Crippen LogP contribution in [-0.2, 0) is 0 Å². The molecular formula is C23H29FN4O2. The monoisotopic (exact) mass is 412 g/mol. The van der Waals surface area contributed by atoms with Crippen molar-refractivity contribution in [3.8, 4) is 0 Å². The molecule has 7 heteroatoms. The Kier molecular flexibility index (Phi) is 5.75. The van der Waals surface area contributed by atoms with Gasteiger partial charge in [0.1, 0.15) is 5.82 Å². The molecule has 0 spiro atoms. The van der Waals surface area contributed by atoms with E-state index >= 15 is 0 Å². The number of benzene rings is 1. The van der Waals surface area contributed by atoms with Gasteiger partial charge in [-0.25, -0.2) is 4.39 Å². The van der Waals surface area contributed by atoms with Crippen molar-refractivity contribution < 1.29 is 9.18 Å². The van der Waals surface area contributed by atoms with E-state index in [0.717, 1.165) is 50.3 Å². The van der Waals surface area contributed by atoms with Crippen LogP contribution in [-0.4, -0.2) is 53.4 Å². The van der Waals surface area contributed by atoms with Crippen molar-refractivity contribution >= 4 is 5.91 Å². The fraction of sp³-hybridized carbons (Fsp3) is 0.478. The molecule has 30 heavy (non-hydrogen) atoms. The summed E-state index contributed by atoms with van der Waals surface area (Å²) in [5.74, 6) is 0.678. The number of pyridine rings is 1. The molecule has 2 aliphatic rings. The molecule has 6 nitrogen and oxygen atoms in total. The van der Waals surface area contributed by atoms with Gasteiger partial charge in [0.25, 0.3) is 5.91 Å². The summed E-state index contributed by atoms with van der Waals surface area (Å²) >= 11 is 0. The Morgan fingerprint density at radius 1 is 1.20 bits per heavy atom. The van der Waals surface area contributed by atoms with Crippen LogP contribution in [0.15, 0.2) is 35.1 Å². The number of aromatic amines is 1. The van der Waals surface area contributed by atoms with Gasteiger partial charge in [-0.3, -0.25) is 9.59 Å². The number of carbonyl (C=O) groups excluding carboxylic acids is 1. The molecule has 1 aromatic carbocycles. The van der Waals surface area contributed by atoms with Crippen molar-refractivity contribution in [3.05, 3.63) is 68.9 Å². The molecular weight excluding hydrogens is 383 g/mol. The highest BCUT2D eigenvalue weighted by Crippen LogP contribution is 2.33. The van der Waals surface area contributed by atoms with Crippen molar-refractivity contribution in [1.29, 1.82) is 0 Å². The van der Waals surface area contributed by atoms with Crippen molar-refractivity contribution in [1.82, 2.24) is 14.8 Å². The number of amides is 1. The van der Waals surface area contributed by atoms with Crippen LogP contribution in [0.3, 0.4) is 0 Å². The number of nitrogens with two attached hydrogens (primary N) is 1. The van der Waals surface area contributed by atoms with Gasteiger partial charge in [0.05, 0.1) is 5.56 Å². The molecule has 0 saturated carbocycles. The first-order valence-electron chi connectivity index (χ1n) is 10.5. The third kappa shape index (κ3) is 4.18. The summed E-state index contributed by atoms with van der Waals surface area (Å²) in [6, 6.07) is 7.82. The lowest BCUT2D eigenvalue weighted by molar-refractivity contribution is 0.0772. The maximum atomic E-state index is 13.4. The van der Waals surface area contributed by atoms with Crippen LogP contribution in [0.2, 0.25) is 0 Å². The lowest BCUT2D eigenvalue weighted by Crippen LogP contribution is -2.35. The highest BCUT2D eigenvalue weighted by Gasteiger charge is 2.42. The second-order valence-corrected chi connectivity index (χ2v) is 8.76. The summed E-state index contributed by atoms with van der Waals surface area (Å²) in [7, 11) is 0. The van der Waals surface area contributed by atoms with E-state index in [9.17, 15) is 14.0 Å². The summed E-state index contributed by atoms with van der Waals surface area (Å²) < 4.78 is 13.4. The zero-order chi connectivity index (χ0) is 21.4. The number of aromatic nitrogens is 1. The highest BCUT2D eigenvalue weighted by molar-refractivity contribution is 5.96. The molecule has 0 aliphatic carbocycles. The van der Waals surface area contributed by atoms with E-state index in [0.29, 0.717) is 23.1 Å². The number of likely N-dealkylation sites (tertiary alicyclic amines) is 2. The summed E-state index contributed by atoms with van der Waals surface area (Å²) in [6.07, 6.45) is 0.779. The minimum atomic E-state index is -0.253. The molecule has 0 bridgehead atoms. The molecule has 160 valence electrons. The number of halogens is 1. The number of hydrogen-bond donors (Lipinski definition) is 2. The van der Waals surface area contributed by atoms with Crippen LogP contribution in [0.1, 0.15) is 39.6 Å². The first-order valence-corrected chi connectivity index (χ1v) is 10.5. The van der Waals surface area contributed by atoms with Gasteiger partial charge >= 0.3 is 0 Å². The molecule has 1 aromatic heterocycles. The second-order valence-electron chi connectivity index (χ2n) is 8.76. The Balaban J connectivity index is 1.32. The fourth-order valence-electron chi connectivity index (χ4n) is 5.00. The molecule has 3 atom stereocenters. The maximum absolute atomic E-state index is 13.4. The quantitative estimate of drug-likeness (QED) is 0.789. The van der Waals surface area contributed by atoms with Crippen LogP contribution < -0.4 is 11.3 Å². The van der Waals surface area contributed by atoms with Crippen molar-refractivity contribution in [2.24, 2.45) is 17.6 Å². The van der Waals surface area contributed by atoms with Crippen LogP contribution in [0.5, 0.6) is 0 Å². The number of H-pyrrole nitrogens is 1. The molecule has 0 radical (unpaired) electrons. The summed E-state index contributed by atoms with van der Waals surface area (Å²) in [6.45, 7) is 7.86. The predicted octanol–water partition coefficient (Wildman–Crippen LogP) is 2.22. The maximum Gasteiger partial charge on any atom is 0.255 e. The van der Waals surface area contributed by atoms with Gasteiger partial charge in [0.2, 0.25) is 5.56 Å². The number of aryl methyl sites for hydroxylation is 2. The molecule has 1 amide bonds. The number of hydrogen-bond acceptors (Lipinski definition) is 4. The van der Waals surface area contributed by atoms with Gasteiger partial charge in [0, 0.05) is 44.0 Å². The molecule has 2 aromatic rings. The van der Waals surface area contributed by atoms with Crippen molar-refractivity contribution in [2.75, 3.05) is 32.7 Å². The van der Waals surface area contributed by atoms with E-state index < -0.39 is 0 Å². The van der Waals surface area contributed by atoms with Gasteiger partial charge in [0.15, 0.2) is 0 Å². The lowest BCUT2D eigenvalue weighted by Gasteiger charge is -2.23. The predicted molar refractivity (Wildman–Crippen MR) is 114 cm³/mol. The van der Waals surface area contributed by atoms with E-state index in [2.05, 4.69) is 9.88 Å². The van der Waals surface area contributed by atoms with Crippen LogP contribution in [0, 0.1) is 31.5 Å². The third-order valence-electron chi connectivity index (χ3n) is 6.52. The van der Waals surface area contributed by atoms with Gasteiger partial charge in [-0.15, -0.1) is 0 Å². The van der Waals surface area contributed by atoms with Crippen molar-refractivity contribution in [2.45, 2.75) is 26.3 Å². The largest absolute Gasteiger partial charge is 0.338 e. The zero-order valence-corrected chi connectivity index (χ0v) is 17.5.